The number of rotatable bonds is 7. The van der Waals surface area contributed by atoms with E-state index in [1.54, 1.807) is 17.0 Å². The Balaban J connectivity index is 1.77. The monoisotopic (exact) mass is 495 g/mol. The topological polar surface area (TPSA) is 110 Å². The van der Waals surface area contributed by atoms with Crippen LogP contribution in [0.5, 0.6) is 5.75 Å². The van der Waals surface area contributed by atoms with Crippen molar-refractivity contribution in [1.82, 2.24) is 0 Å². The Morgan fingerprint density at radius 2 is 1.83 bits per heavy atom. The standard InChI is InChI=1S/C25H25N3O6S/c1-17-8-13-22(15-24(17)28(30)31)35(32,33)26(20-9-11-21(34-3)12-10-20)16-25(29)27-18(2)14-19-6-4-5-7-23(19)27/h4-13,15,18H,14,16H2,1-3H3/t18-/m0/s1. The average Bonchev–Trinajstić information content (AvgIpc) is 3.18. The van der Waals surface area contributed by atoms with Crippen LogP contribution >= 0.6 is 0 Å². The van der Waals surface area contributed by atoms with Crippen molar-refractivity contribution in [1.29, 1.82) is 0 Å². The second-order valence-electron chi connectivity index (χ2n) is 8.36. The second-order valence-corrected chi connectivity index (χ2v) is 10.2. The van der Waals surface area contributed by atoms with Crippen LogP contribution < -0.4 is 13.9 Å². The zero-order chi connectivity index (χ0) is 25.3. The van der Waals surface area contributed by atoms with E-state index in [1.807, 2.05) is 31.2 Å². The van der Waals surface area contributed by atoms with Crippen molar-refractivity contribution in [3.8, 4) is 5.75 Å². The van der Waals surface area contributed by atoms with Gasteiger partial charge in [0.15, 0.2) is 0 Å². The minimum atomic E-state index is -4.33. The van der Waals surface area contributed by atoms with Crippen LogP contribution in [-0.4, -0.2) is 38.9 Å². The first kappa shape index (κ1) is 24.2. The summed E-state index contributed by atoms with van der Waals surface area (Å²) in [5.41, 5.74) is 2.03. The van der Waals surface area contributed by atoms with E-state index in [9.17, 15) is 23.3 Å². The molecule has 1 atom stereocenters. The summed E-state index contributed by atoms with van der Waals surface area (Å²) in [6, 6.07) is 17.4. The number of nitrogens with zero attached hydrogens (tertiary/aromatic N) is 3. The summed E-state index contributed by atoms with van der Waals surface area (Å²) >= 11 is 0. The van der Waals surface area contributed by atoms with Crippen LogP contribution in [0.3, 0.4) is 0 Å². The summed E-state index contributed by atoms with van der Waals surface area (Å²) in [5, 5.41) is 11.4. The maximum atomic E-state index is 13.8. The summed E-state index contributed by atoms with van der Waals surface area (Å²) in [7, 11) is -2.83. The van der Waals surface area contributed by atoms with Crippen LogP contribution in [0, 0.1) is 17.0 Å². The number of hydrogen-bond donors (Lipinski definition) is 0. The molecule has 4 rings (SSSR count). The van der Waals surface area contributed by atoms with Gasteiger partial charge in [0.05, 0.1) is 22.6 Å². The van der Waals surface area contributed by atoms with Crippen LogP contribution in [0.2, 0.25) is 0 Å². The lowest BCUT2D eigenvalue weighted by atomic mass is 10.1. The first-order chi connectivity index (χ1) is 16.6. The number of ether oxygens (including phenoxy) is 1. The molecule has 9 nitrogen and oxygen atoms in total. The van der Waals surface area contributed by atoms with Crippen molar-refractivity contribution >= 4 is 33.0 Å². The first-order valence-corrected chi connectivity index (χ1v) is 12.4. The van der Waals surface area contributed by atoms with Gasteiger partial charge in [0.2, 0.25) is 5.91 Å². The number of fused-ring (bicyclic) bond motifs is 1. The number of amides is 1. The zero-order valence-corrected chi connectivity index (χ0v) is 20.4. The van der Waals surface area contributed by atoms with Gasteiger partial charge in [-0.1, -0.05) is 24.3 Å². The number of aryl methyl sites for hydroxylation is 1. The number of sulfonamides is 1. The fourth-order valence-corrected chi connectivity index (χ4v) is 5.72. The lowest BCUT2D eigenvalue weighted by Crippen LogP contribution is -2.45. The largest absolute Gasteiger partial charge is 0.497 e. The molecule has 0 radical (unpaired) electrons. The van der Waals surface area contributed by atoms with Crippen molar-refractivity contribution in [2.24, 2.45) is 0 Å². The Hall–Kier alpha value is -3.92. The highest BCUT2D eigenvalue weighted by Crippen LogP contribution is 2.34. The quantitative estimate of drug-likeness (QED) is 0.361. The lowest BCUT2D eigenvalue weighted by molar-refractivity contribution is -0.385. The van der Waals surface area contributed by atoms with Gasteiger partial charge < -0.3 is 9.64 Å². The summed E-state index contributed by atoms with van der Waals surface area (Å²) < 4.78 is 33.7. The number of methoxy groups -OCH3 is 1. The average molecular weight is 496 g/mol. The van der Waals surface area contributed by atoms with Crippen molar-refractivity contribution in [2.75, 3.05) is 22.9 Å². The molecule has 182 valence electrons. The molecule has 0 spiro atoms. The van der Waals surface area contributed by atoms with Crippen LogP contribution in [0.4, 0.5) is 17.1 Å². The van der Waals surface area contributed by atoms with Crippen molar-refractivity contribution in [3.63, 3.8) is 0 Å². The molecule has 0 N–H and O–H groups in total. The number of carbonyl (C=O) groups is 1. The summed E-state index contributed by atoms with van der Waals surface area (Å²) in [4.78, 5) is 25.7. The predicted molar refractivity (Wildman–Crippen MR) is 132 cm³/mol. The van der Waals surface area contributed by atoms with Gasteiger partial charge in [0.1, 0.15) is 12.3 Å². The molecule has 35 heavy (non-hydrogen) atoms. The van der Waals surface area contributed by atoms with Gasteiger partial charge in [-0.3, -0.25) is 19.2 Å². The summed E-state index contributed by atoms with van der Waals surface area (Å²) in [6.07, 6.45) is 0.668. The number of nitro benzene ring substituents is 1. The second kappa shape index (κ2) is 9.38. The number of carbonyl (C=O) groups excluding carboxylic acids is 1. The van der Waals surface area contributed by atoms with E-state index in [0.717, 1.165) is 21.6 Å². The van der Waals surface area contributed by atoms with E-state index in [-0.39, 0.29) is 22.3 Å². The van der Waals surface area contributed by atoms with E-state index >= 15 is 0 Å². The van der Waals surface area contributed by atoms with Gasteiger partial charge in [0, 0.05) is 23.4 Å². The molecule has 1 aliphatic rings. The van der Waals surface area contributed by atoms with Gasteiger partial charge in [-0.05, 0) is 62.2 Å². The maximum absolute atomic E-state index is 13.8. The van der Waals surface area contributed by atoms with Crippen LogP contribution in [0.25, 0.3) is 0 Å². The molecule has 3 aromatic carbocycles. The van der Waals surface area contributed by atoms with Gasteiger partial charge in [0.25, 0.3) is 15.7 Å². The smallest absolute Gasteiger partial charge is 0.273 e. The summed E-state index contributed by atoms with van der Waals surface area (Å²) in [6.45, 7) is 2.97. The van der Waals surface area contributed by atoms with Crippen LogP contribution in [0.15, 0.2) is 71.6 Å². The highest BCUT2D eigenvalue weighted by molar-refractivity contribution is 7.92. The number of para-hydroxylation sites is 1. The molecule has 10 heteroatoms. The number of hydrogen-bond acceptors (Lipinski definition) is 6. The minimum absolute atomic E-state index is 0.138. The molecule has 0 fully saturated rings. The van der Waals surface area contributed by atoms with Gasteiger partial charge in [-0.25, -0.2) is 8.42 Å². The molecule has 1 aliphatic heterocycles. The Bertz CT molecular complexity index is 1390. The molecule has 0 unspecified atom stereocenters. The molecule has 1 amide bonds. The van der Waals surface area contributed by atoms with Crippen molar-refractivity contribution in [3.05, 3.63) is 88.0 Å². The normalized spacial score (nSPS) is 14.9. The maximum Gasteiger partial charge on any atom is 0.273 e. The Morgan fingerprint density at radius 1 is 1.14 bits per heavy atom. The van der Waals surface area contributed by atoms with E-state index in [1.165, 1.54) is 38.3 Å². The molecular weight excluding hydrogens is 470 g/mol. The lowest BCUT2D eigenvalue weighted by Gasteiger charge is -2.29. The zero-order valence-electron chi connectivity index (χ0n) is 19.5. The number of nitro groups is 1. The van der Waals surface area contributed by atoms with Crippen molar-refractivity contribution < 1.29 is 22.9 Å². The number of anilines is 2. The summed E-state index contributed by atoms with van der Waals surface area (Å²) in [5.74, 6) is 0.119. The Morgan fingerprint density at radius 3 is 2.49 bits per heavy atom. The van der Waals surface area contributed by atoms with Gasteiger partial charge in [-0.15, -0.1) is 0 Å². The third-order valence-corrected chi connectivity index (χ3v) is 7.85. The fourth-order valence-electron chi connectivity index (χ4n) is 4.28. The highest BCUT2D eigenvalue weighted by Gasteiger charge is 2.35. The minimum Gasteiger partial charge on any atom is -0.497 e. The van der Waals surface area contributed by atoms with E-state index < -0.39 is 27.4 Å². The van der Waals surface area contributed by atoms with Crippen molar-refractivity contribution in [2.45, 2.75) is 31.2 Å². The molecular formula is C25H25N3O6S. The van der Waals surface area contributed by atoms with Gasteiger partial charge >= 0.3 is 0 Å². The third kappa shape index (κ3) is 4.57. The van der Waals surface area contributed by atoms with E-state index in [4.69, 9.17) is 4.74 Å². The third-order valence-electron chi connectivity index (χ3n) is 6.08. The fraction of sp³-hybridized carbons (Fsp3) is 0.240. The molecule has 0 bridgehead atoms. The van der Waals surface area contributed by atoms with Crippen LogP contribution in [-0.2, 0) is 21.2 Å². The molecule has 3 aromatic rings. The molecule has 0 aromatic heterocycles. The number of benzene rings is 3. The van der Waals surface area contributed by atoms with Crippen LogP contribution in [0.1, 0.15) is 18.1 Å². The first-order valence-electron chi connectivity index (χ1n) is 10.9. The molecule has 0 aliphatic carbocycles. The van der Waals surface area contributed by atoms with E-state index in [2.05, 4.69) is 0 Å². The molecule has 0 saturated heterocycles. The Labute approximate surface area is 203 Å². The van der Waals surface area contributed by atoms with Gasteiger partial charge in [-0.2, -0.15) is 0 Å². The predicted octanol–water partition coefficient (Wildman–Crippen LogP) is 4.08. The Kier molecular flexibility index (Phi) is 6.49. The van der Waals surface area contributed by atoms with E-state index in [0.29, 0.717) is 17.7 Å². The SMILES string of the molecule is COc1ccc(N(CC(=O)N2c3ccccc3C[C@@H]2C)S(=O)(=O)c2ccc(C)c([N+](=O)[O-])c2)cc1. The molecule has 0 saturated carbocycles. The highest BCUT2D eigenvalue weighted by atomic mass is 32.2. The molecule has 1 heterocycles.